The van der Waals surface area contributed by atoms with Crippen molar-refractivity contribution in [2.24, 2.45) is 0 Å². The molecule has 1 aliphatic heterocycles. The van der Waals surface area contributed by atoms with Gasteiger partial charge in [-0.05, 0) is 43.7 Å². The predicted molar refractivity (Wildman–Crippen MR) is 117 cm³/mol. The van der Waals surface area contributed by atoms with Crippen molar-refractivity contribution in [2.75, 3.05) is 0 Å². The zero-order valence-corrected chi connectivity index (χ0v) is 19.5. The van der Waals surface area contributed by atoms with Crippen LogP contribution >= 0.6 is 11.6 Å². The van der Waals surface area contributed by atoms with Crippen LogP contribution in [0.5, 0.6) is 17.2 Å². The molecule has 1 unspecified atom stereocenters. The van der Waals surface area contributed by atoms with Crippen molar-refractivity contribution < 1.29 is 50.1 Å². The lowest BCUT2D eigenvalue weighted by Crippen LogP contribution is -2.29. The lowest BCUT2D eigenvalue weighted by molar-refractivity contribution is -0.141. The van der Waals surface area contributed by atoms with Crippen LogP contribution < -0.4 is 14.2 Å². The van der Waals surface area contributed by atoms with E-state index in [-0.39, 0.29) is 33.4 Å². The lowest BCUT2D eigenvalue weighted by atomic mass is 10.0. The van der Waals surface area contributed by atoms with Gasteiger partial charge in [0, 0.05) is 11.6 Å². The highest BCUT2D eigenvalue weighted by Gasteiger charge is 2.32. The first-order valence-electron chi connectivity index (χ1n) is 10.3. The molecule has 5 nitrogen and oxygen atoms in total. The summed E-state index contributed by atoms with van der Waals surface area (Å²) in [7, 11) is 0. The normalized spacial score (nSPS) is 14.4. The van der Waals surface area contributed by atoms with Crippen LogP contribution in [0.2, 0.25) is 5.02 Å². The third kappa shape index (κ3) is 4.74. The minimum atomic E-state index is -2.38. The molecular weight excluding hydrogens is 530 g/mol. The number of allylic oxidation sites excluding steroid dienone is 1. The van der Waals surface area contributed by atoms with Gasteiger partial charge in [0.05, 0.1) is 10.6 Å². The molecule has 0 fully saturated rings. The summed E-state index contributed by atoms with van der Waals surface area (Å²) in [5, 5.41) is 0.0361. The molecule has 3 aromatic rings. The van der Waals surface area contributed by atoms with Gasteiger partial charge in [-0.3, -0.25) is 4.79 Å². The Hall–Kier alpha value is -3.99. The minimum absolute atomic E-state index is 0.0361. The van der Waals surface area contributed by atoms with Crippen LogP contribution in [-0.4, -0.2) is 17.9 Å². The van der Waals surface area contributed by atoms with Gasteiger partial charge in [0.2, 0.25) is 34.9 Å². The molecule has 192 valence electrons. The van der Waals surface area contributed by atoms with E-state index in [9.17, 15) is 35.9 Å². The second-order valence-electron chi connectivity index (χ2n) is 7.77. The topological polar surface area (TPSA) is 61.8 Å². The van der Waals surface area contributed by atoms with Crippen LogP contribution in [0.1, 0.15) is 28.4 Å². The van der Waals surface area contributed by atoms with E-state index in [4.69, 9.17) is 21.1 Å². The fourth-order valence-electron chi connectivity index (χ4n) is 3.43. The number of carbonyl (C=O) groups excluding carboxylic acids is 2. The van der Waals surface area contributed by atoms with Crippen molar-refractivity contribution >= 4 is 29.4 Å². The molecule has 0 spiro atoms. The first kappa shape index (κ1) is 26.1. The fourth-order valence-corrected chi connectivity index (χ4v) is 3.65. The molecule has 37 heavy (non-hydrogen) atoms. The molecule has 0 radical (unpaired) electrons. The smallest absolute Gasteiger partial charge is 0.352 e. The Morgan fingerprint density at radius 3 is 2.24 bits per heavy atom. The highest BCUT2D eigenvalue weighted by Crippen LogP contribution is 2.38. The molecule has 0 N–H and O–H groups in total. The Kier molecular flexibility index (Phi) is 6.92. The van der Waals surface area contributed by atoms with Gasteiger partial charge in [-0.2, -0.15) is 8.78 Å². The molecule has 0 saturated carbocycles. The number of hydrogen-bond acceptors (Lipinski definition) is 5. The summed E-state index contributed by atoms with van der Waals surface area (Å²) in [6.07, 6.45) is -0.700. The van der Waals surface area contributed by atoms with Crippen molar-refractivity contribution in [3.63, 3.8) is 0 Å². The van der Waals surface area contributed by atoms with Crippen LogP contribution in [0.4, 0.5) is 26.3 Å². The number of hydrogen-bond donors (Lipinski definition) is 0. The molecular formula is C25H13ClF6O5. The summed E-state index contributed by atoms with van der Waals surface area (Å²) in [5.74, 6) is -16.1. The molecule has 0 bridgehead atoms. The lowest BCUT2D eigenvalue weighted by Gasteiger charge is -2.16. The second kappa shape index (κ2) is 9.81. The predicted octanol–water partition coefficient (Wildman–Crippen LogP) is 6.47. The van der Waals surface area contributed by atoms with Crippen molar-refractivity contribution in [1.29, 1.82) is 0 Å². The maximum atomic E-state index is 14.1. The van der Waals surface area contributed by atoms with E-state index >= 15 is 0 Å². The molecule has 0 amide bonds. The van der Waals surface area contributed by atoms with Gasteiger partial charge < -0.3 is 14.2 Å². The SMILES string of the molecule is Cc1cc(OC(=O)C(C)Oc2c(F)c(F)c(F)c(F)c2F)cc2c1C(=O)/C(=C/c1c(F)cccc1Cl)O2. The van der Waals surface area contributed by atoms with Gasteiger partial charge in [-0.1, -0.05) is 17.7 Å². The standard InChI is InChI=1S/C25H13ClF6O5/c1-9-6-11(36-25(34)10(2)35-24-21(31)19(29)18(28)20(30)22(24)32)7-15-17(9)23(33)16(37-15)8-12-13(26)4-3-5-14(12)27/h3-8,10H,1-2H3/b16-8-. The van der Waals surface area contributed by atoms with Crippen LogP contribution in [0, 0.1) is 41.8 Å². The number of esters is 1. The van der Waals surface area contributed by atoms with Crippen molar-refractivity contribution in [3.8, 4) is 17.2 Å². The van der Waals surface area contributed by atoms with Crippen molar-refractivity contribution in [3.05, 3.63) is 92.7 Å². The molecule has 0 aliphatic carbocycles. The van der Waals surface area contributed by atoms with Gasteiger partial charge in [0.25, 0.3) is 0 Å². The van der Waals surface area contributed by atoms with Crippen LogP contribution in [0.15, 0.2) is 36.1 Å². The number of carbonyl (C=O) groups is 2. The monoisotopic (exact) mass is 542 g/mol. The molecule has 12 heteroatoms. The number of halogens is 7. The van der Waals surface area contributed by atoms with E-state index in [0.29, 0.717) is 5.56 Å². The van der Waals surface area contributed by atoms with E-state index in [1.165, 1.54) is 25.1 Å². The molecule has 3 aromatic carbocycles. The number of ether oxygens (including phenoxy) is 3. The number of ketones is 1. The fraction of sp³-hybridized carbons (Fsp3) is 0.120. The maximum Gasteiger partial charge on any atom is 0.352 e. The molecule has 1 aliphatic rings. The summed E-state index contributed by atoms with van der Waals surface area (Å²) < 4.78 is 97.1. The number of fused-ring (bicyclic) bond motifs is 1. The molecule has 0 saturated heterocycles. The highest BCUT2D eigenvalue weighted by molar-refractivity contribution is 6.32. The largest absolute Gasteiger partial charge is 0.473 e. The first-order chi connectivity index (χ1) is 17.4. The molecule has 4 rings (SSSR count). The van der Waals surface area contributed by atoms with Gasteiger partial charge >= 0.3 is 5.97 Å². The maximum absolute atomic E-state index is 14.1. The van der Waals surface area contributed by atoms with Crippen LogP contribution in [-0.2, 0) is 4.79 Å². The Labute approximate surface area is 209 Å². The third-order valence-electron chi connectivity index (χ3n) is 5.23. The highest BCUT2D eigenvalue weighted by atomic mass is 35.5. The van der Waals surface area contributed by atoms with E-state index in [0.717, 1.165) is 25.1 Å². The van der Waals surface area contributed by atoms with Crippen LogP contribution in [0.3, 0.4) is 0 Å². The summed E-state index contributed by atoms with van der Waals surface area (Å²) in [6.45, 7) is 2.45. The van der Waals surface area contributed by atoms with Crippen molar-refractivity contribution in [2.45, 2.75) is 20.0 Å². The quantitative estimate of drug-likeness (QED) is 0.0923. The average Bonchev–Trinajstić information content (AvgIpc) is 3.16. The van der Waals surface area contributed by atoms with Gasteiger partial charge in [-0.15, -0.1) is 0 Å². The number of rotatable bonds is 5. The second-order valence-corrected chi connectivity index (χ2v) is 8.18. The number of aryl methyl sites for hydroxylation is 1. The Morgan fingerprint density at radius 1 is 1.00 bits per heavy atom. The van der Waals surface area contributed by atoms with Gasteiger partial charge in [0.15, 0.2) is 17.6 Å². The zero-order valence-electron chi connectivity index (χ0n) is 18.7. The van der Waals surface area contributed by atoms with E-state index in [1.54, 1.807) is 0 Å². The zero-order chi connectivity index (χ0) is 27.2. The van der Waals surface area contributed by atoms with Crippen LogP contribution in [0.25, 0.3) is 6.08 Å². The first-order valence-corrected chi connectivity index (χ1v) is 10.7. The average molecular weight is 543 g/mol. The minimum Gasteiger partial charge on any atom is -0.473 e. The molecule has 1 heterocycles. The molecule has 1 atom stereocenters. The summed E-state index contributed by atoms with van der Waals surface area (Å²) >= 11 is 5.99. The van der Waals surface area contributed by atoms with E-state index in [2.05, 4.69) is 4.74 Å². The van der Waals surface area contributed by atoms with Gasteiger partial charge in [-0.25, -0.2) is 22.4 Å². The number of benzene rings is 3. The van der Waals surface area contributed by atoms with E-state index in [1.807, 2.05) is 0 Å². The third-order valence-corrected chi connectivity index (χ3v) is 5.56. The van der Waals surface area contributed by atoms with E-state index < -0.39 is 58.5 Å². The van der Waals surface area contributed by atoms with Gasteiger partial charge in [0.1, 0.15) is 17.3 Å². The Morgan fingerprint density at radius 2 is 1.62 bits per heavy atom. The van der Waals surface area contributed by atoms with Crippen molar-refractivity contribution in [1.82, 2.24) is 0 Å². The summed E-state index contributed by atoms with van der Waals surface area (Å²) in [6, 6.07) is 6.35. The Balaban J connectivity index is 1.56. The summed E-state index contributed by atoms with van der Waals surface area (Å²) in [4.78, 5) is 25.2. The molecule has 0 aromatic heterocycles. The summed E-state index contributed by atoms with van der Waals surface area (Å²) in [5.41, 5.74) is 0.314. The Bertz CT molecular complexity index is 1450. The number of Topliss-reactive ketones (excluding diaryl/α,β-unsaturated/α-hetero) is 1.